The molecular weight excluding hydrogens is 747 g/mol. The summed E-state index contributed by atoms with van der Waals surface area (Å²) in [5, 5.41) is 6.81. The predicted molar refractivity (Wildman–Crippen MR) is 226 cm³/mol. The van der Waals surface area contributed by atoms with E-state index in [0.29, 0.717) is 23.0 Å². The molecule has 5 amide bonds. The summed E-state index contributed by atoms with van der Waals surface area (Å²) in [6.45, 7) is 8.34. The zero-order valence-corrected chi connectivity index (χ0v) is 33.5. The summed E-state index contributed by atoms with van der Waals surface area (Å²) in [6.07, 6.45) is 7.91. The molecule has 306 valence electrons. The normalized spacial score (nSPS) is 23.1. The molecule has 1 atom stereocenters. The van der Waals surface area contributed by atoms with Gasteiger partial charge in [0.25, 0.3) is 11.8 Å². The van der Waals surface area contributed by atoms with Crippen molar-refractivity contribution in [3.63, 3.8) is 0 Å². The van der Waals surface area contributed by atoms with E-state index >= 15 is 0 Å². The van der Waals surface area contributed by atoms with Gasteiger partial charge in [-0.3, -0.25) is 39.1 Å². The number of para-hydroxylation sites is 1. The van der Waals surface area contributed by atoms with Crippen LogP contribution in [0.5, 0.6) is 0 Å². The van der Waals surface area contributed by atoms with E-state index in [4.69, 9.17) is 0 Å². The zero-order valence-electron chi connectivity index (χ0n) is 33.5. The van der Waals surface area contributed by atoms with Gasteiger partial charge in [-0.1, -0.05) is 18.2 Å². The van der Waals surface area contributed by atoms with Crippen LogP contribution in [0.2, 0.25) is 0 Å². The minimum absolute atomic E-state index is 0.0729. The van der Waals surface area contributed by atoms with Crippen molar-refractivity contribution < 1.29 is 24.0 Å². The van der Waals surface area contributed by atoms with E-state index in [-0.39, 0.29) is 36.7 Å². The number of amides is 5. The van der Waals surface area contributed by atoms with Crippen LogP contribution in [0.15, 0.2) is 72.9 Å². The summed E-state index contributed by atoms with van der Waals surface area (Å²) in [7, 11) is 0. The third-order valence-corrected chi connectivity index (χ3v) is 13.0. The molecule has 14 heteroatoms. The molecular formula is C45H51N9O5. The number of imide groups is 2. The van der Waals surface area contributed by atoms with Crippen LogP contribution in [0, 0.1) is 5.92 Å². The van der Waals surface area contributed by atoms with Gasteiger partial charge in [-0.2, -0.15) is 0 Å². The van der Waals surface area contributed by atoms with Gasteiger partial charge >= 0.3 is 0 Å². The fourth-order valence-electron chi connectivity index (χ4n) is 9.76. The third kappa shape index (κ3) is 7.97. The number of nitrogens with one attached hydrogen (secondary N) is 2. The van der Waals surface area contributed by atoms with Gasteiger partial charge in [0, 0.05) is 99.9 Å². The van der Waals surface area contributed by atoms with Crippen LogP contribution in [0.25, 0.3) is 10.9 Å². The van der Waals surface area contributed by atoms with Gasteiger partial charge in [0.15, 0.2) is 0 Å². The molecule has 59 heavy (non-hydrogen) atoms. The van der Waals surface area contributed by atoms with Gasteiger partial charge in [0.1, 0.15) is 6.04 Å². The number of carbonyl (C=O) groups excluding carboxylic acids is 5. The minimum atomic E-state index is -0.964. The Morgan fingerprint density at radius 2 is 1.47 bits per heavy atom. The minimum Gasteiger partial charge on any atom is -0.371 e. The first-order chi connectivity index (χ1) is 28.7. The number of fused-ring (bicyclic) bond motifs is 2. The number of rotatable bonds is 9. The highest BCUT2D eigenvalue weighted by Crippen LogP contribution is 2.34. The van der Waals surface area contributed by atoms with Crippen LogP contribution < -0.4 is 25.3 Å². The lowest BCUT2D eigenvalue weighted by atomic mass is 9.89. The first-order valence-corrected chi connectivity index (χ1v) is 21.1. The number of carbonyl (C=O) groups is 5. The molecule has 4 aliphatic heterocycles. The molecule has 3 aromatic carbocycles. The highest BCUT2D eigenvalue weighted by Gasteiger charge is 2.45. The Balaban J connectivity index is 0.729. The van der Waals surface area contributed by atoms with Gasteiger partial charge in [0.2, 0.25) is 23.7 Å². The van der Waals surface area contributed by atoms with Crippen LogP contribution in [0.4, 0.5) is 23.0 Å². The van der Waals surface area contributed by atoms with E-state index in [1.807, 2.05) is 41.4 Å². The zero-order chi connectivity index (χ0) is 40.6. The summed E-state index contributed by atoms with van der Waals surface area (Å²) in [6, 6.07) is 21.4. The number of hydrogen-bond acceptors (Lipinski definition) is 11. The Hall–Kier alpha value is -5.89. The Bertz CT molecular complexity index is 2260. The highest BCUT2D eigenvalue weighted by molar-refractivity contribution is 6.23. The molecule has 1 saturated carbocycles. The van der Waals surface area contributed by atoms with Crippen LogP contribution in [0.3, 0.4) is 0 Å². The number of piperidine rings is 2. The standard InChI is InChI=1S/C45H51N9O5/c1-29(55)53(34-8-6-32(7-9-34)47-45-46-27-31-4-2-3-5-39(31)48-45)35-12-10-33(11-13-35)52-24-22-50(23-25-52)28-30-18-20-51(21-19-30)36-14-15-37-38(26-36)44(59)54(43(37)58)40-16-17-41(56)49-42(40)57/h2-5,10-15,26-27,30,32,34,40H,6-9,16-25,28H2,1H3,(H,46,47,48)(H,49,56,57). The van der Waals surface area contributed by atoms with E-state index in [1.165, 1.54) is 5.69 Å². The molecule has 3 saturated heterocycles. The summed E-state index contributed by atoms with van der Waals surface area (Å²) in [5.74, 6) is -0.626. The van der Waals surface area contributed by atoms with Crippen molar-refractivity contribution in [3.05, 3.63) is 84.1 Å². The van der Waals surface area contributed by atoms with Crippen molar-refractivity contribution >= 4 is 63.4 Å². The maximum Gasteiger partial charge on any atom is 0.262 e. The molecule has 4 aromatic rings. The molecule has 0 bridgehead atoms. The van der Waals surface area contributed by atoms with Gasteiger partial charge in [0.05, 0.1) is 16.6 Å². The number of anilines is 4. The van der Waals surface area contributed by atoms with Crippen molar-refractivity contribution in [3.8, 4) is 0 Å². The predicted octanol–water partition coefficient (Wildman–Crippen LogP) is 4.85. The molecule has 9 rings (SSSR count). The average Bonchev–Trinajstić information content (AvgIpc) is 3.50. The monoisotopic (exact) mass is 797 g/mol. The van der Waals surface area contributed by atoms with Crippen LogP contribution in [-0.4, -0.2) is 113 Å². The van der Waals surface area contributed by atoms with E-state index in [9.17, 15) is 24.0 Å². The van der Waals surface area contributed by atoms with Crippen LogP contribution in [-0.2, 0) is 14.4 Å². The second-order valence-corrected chi connectivity index (χ2v) is 16.7. The molecule has 4 fully saturated rings. The number of hydrogen-bond donors (Lipinski definition) is 2. The largest absolute Gasteiger partial charge is 0.371 e. The van der Waals surface area contributed by atoms with Crippen molar-refractivity contribution in [1.29, 1.82) is 0 Å². The van der Waals surface area contributed by atoms with E-state index in [1.54, 1.807) is 19.1 Å². The SMILES string of the molecule is CC(=O)N(c1ccc(N2CCN(CC3CCN(c4ccc5c(c4)C(=O)N(C4CCC(=O)NC4=O)C5=O)CC3)CC2)cc1)C1CCC(Nc2ncc3ccccc3n2)CC1. The highest BCUT2D eigenvalue weighted by atomic mass is 16.2. The van der Waals surface area contributed by atoms with E-state index in [2.05, 4.69) is 59.6 Å². The maximum absolute atomic E-state index is 13.4. The van der Waals surface area contributed by atoms with Gasteiger partial charge in [-0.15, -0.1) is 0 Å². The molecule has 14 nitrogen and oxygen atoms in total. The third-order valence-electron chi connectivity index (χ3n) is 13.0. The molecule has 0 radical (unpaired) electrons. The quantitative estimate of drug-likeness (QED) is 0.224. The van der Waals surface area contributed by atoms with Crippen LogP contribution in [0.1, 0.15) is 79.0 Å². The second kappa shape index (κ2) is 16.4. The fourth-order valence-corrected chi connectivity index (χ4v) is 9.76. The number of nitrogens with zero attached hydrogens (tertiary/aromatic N) is 7. The molecule has 5 aliphatic rings. The Morgan fingerprint density at radius 1 is 0.780 bits per heavy atom. The lowest BCUT2D eigenvalue weighted by Crippen LogP contribution is -2.54. The summed E-state index contributed by atoms with van der Waals surface area (Å²) in [4.78, 5) is 83.1. The Labute approximate surface area is 343 Å². The lowest BCUT2D eigenvalue weighted by Gasteiger charge is -2.40. The molecule has 0 spiro atoms. The average molecular weight is 798 g/mol. The molecule has 5 heterocycles. The smallest absolute Gasteiger partial charge is 0.262 e. The number of aromatic nitrogens is 2. The maximum atomic E-state index is 13.4. The van der Waals surface area contributed by atoms with E-state index < -0.39 is 23.8 Å². The van der Waals surface area contributed by atoms with Gasteiger partial charge in [-0.25, -0.2) is 9.97 Å². The molecule has 2 N–H and O–H groups in total. The first-order valence-electron chi connectivity index (χ1n) is 21.1. The van der Waals surface area contributed by atoms with Gasteiger partial charge < -0.3 is 20.0 Å². The van der Waals surface area contributed by atoms with Crippen LogP contribution >= 0.6 is 0 Å². The number of piperazine rings is 1. The lowest BCUT2D eigenvalue weighted by molar-refractivity contribution is -0.136. The van der Waals surface area contributed by atoms with Crippen molar-refractivity contribution in [2.75, 3.05) is 65.8 Å². The van der Waals surface area contributed by atoms with E-state index in [0.717, 1.165) is 112 Å². The second-order valence-electron chi connectivity index (χ2n) is 16.7. The summed E-state index contributed by atoms with van der Waals surface area (Å²) < 4.78 is 0. The Kier molecular flexibility index (Phi) is 10.7. The summed E-state index contributed by atoms with van der Waals surface area (Å²) in [5.41, 5.74) is 4.61. The van der Waals surface area contributed by atoms with Crippen molar-refractivity contribution in [1.82, 2.24) is 25.1 Å². The first kappa shape index (κ1) is 38.6. The molecule has 1 unspecified atom stereocenters. The number of benzene rings is 3. The fraction of sp³-hybridized carbons (Fsp3) is 0.444. The molecule has 1 aliphatic carbocycles. The molecule has 1 aromatic heterocycles. The Morgan fingerprint density at radius 3 is 2.20 bits per heavy atom. The topological polar surface area (TPSA) is 151 Å². The summed E-state index contributed by atoms with van der Waals surface area (Å²) >= 11 is 0. The van der Waals surface area contributed by atoms with Crippen molar-refractivity contribution in [2.45, 2.75) is 76.4 Å². The van der Waals surface area contributed by atoms with Gasteiger partial charge in [-0.05, 0) is 99.4 Å². The van der Waals surface area contributed by atoms with Crippen molar-refractivity contribution in [2.24, 2.45) is 5.92 Å².